The lowest BCUT2D eigenvalue weighted by molar-refractivity contribution is -0.139. The Balaban J connectivity index is 0.000000583. The first kappa shape index (κ1) is 13.4. The predicted octanol–water partition coefficient (Wildman–Crippen LogP) is 2.22. The first-order valence-electron chi connectivity index (χ1n) is 4.76. The van der Waals surface area contributed by atoms with E-state index < -0.39 is 0 Å². The Bertz CT molecular complexity index is 305. The van der Waals surface area contributed by atoms with E-state index >= 15 is 0 Å². The summed E-state index contributed by atoms with van der Waals surface area (Å²) >= 11 is 0. The second-order valence-corrected chi connectivity index (χ2v) is 3.08. The summed E-state index contributed by atoms with van der Waals surface area (Å²) in [5.74, 6) is 1.10. The van der Waals surface area contributed by atoms with E-state index in [0.717, 1.165) is 12.8 Å². The maximum Gasteiger partial charge on any atom is 0.309 e. The smallest absolute Gasteiger partial charge is 0.309 e. The number of allylic oxidation sites excluding steroid dienone is 3. The summed E-state index contributed by atoms with van der Waals surface area (Å²) in [5, 5.41) is 0. The average Bonchev–Trinajstić information content (AvgIpc) is 2.66. The Morgan fingerprint density at radius 1 is 1.53 bits per heavy atom. The molecule has 82 valence electrons. The van der Waals surface area contributed by atoms with Crippen molar-refractivity contribution < 1.29 is 14.3 Å². The number of rotatable bonds is 3. The highest BCUT2D eigenvalue weighted by Gasteiger charge is 2.10. The van der Waals surface area contributed by atoms with Gasteiger partial charge in [0.25, 0.3) is 0 Å². The van der Waals surface area contributed by atoms with Crippen LogP contribution in [0.2, 0.25) is 0 Å². The van der Waals surface area contributed by atoms with Crippen LogP contribution in [0.25, 0.3) is 0 Å². The Labute approximate surface area is 90.1 Å². The van der Waals surface area contributed by atoms with Gasteiger partial charge in [0.05, 0.1) is 13.5 Å². The van der Waals surface area contributed by atoms with E-state index in [0.29, 0.717) is 6.42 Å². The maximum atomic E-state index is 10.9. The molecule has 0 saturated heterocycles. The number of hydrogen-bond acceptors (Lipinski definition) is 3. The Morgan fingerprint density at radius 2 is 2.07 bits per heavy atom. The first-order valence-corrected chi connectivity index (χ1v) is 4.76. The second kappa shape index (κ2) is 7.77. The molecule has 0 aromatic carbocycles. The molecule has 0 unspecified atom stereocenters. The average molecular weight is 208 g/mol. The van der Waals surface area contributed by atoms with Gasteiger partial charge < -0.3 is 4.74 Å². The molecule has 0 spiro atoms. The van der Waals surface area contributed by atoms with Crippen molar-refractivity contribution in [1.29, 1.82) is 0 Å². The number of hydrogen-bond donors (Lipinski definition) is 0. The molecule has 1 rings (SSSR count). The number of ether oxygens (including phenoxy) is 1. The summed E-state index contributed by atoms with van der Waals surface area (Å²) in [7, 11) is 1.42. The van der Waals surface area contributed by atoms with Crippen molar-refractivity contribution in [3.8, 4) is 0 Å². The molecule has 1 aliphatic rings. The number of carbonyl (C=O) groups excluding carboxylic acids is 2. The molecule has 0 aromatic rings. The Hall–Kier alpha value is -1.60. The van der Waals surface area contributed by atoms with Crippen molar-refractivity contribution in [3.63, 3.8) is 0 Å². The summed E-state index contributed by atoms with van der Waals surface area (Å²) in [5.41, 5.74) is 2.56. The molecule has 0 radical (unpaired) electrons. The molecule has 15 heavy (non-hydrogen) atoms. The largest absolute Gasteiger partial charge is 0.469 e. The van der Waals surface area contributed by atoms with Crippen LogP contribution < -0.4 is 0 Å². The molecular weight excluding hydrogens is 192 g/mol. The maximum absolute atomic E-state index is 10.9. The van der Waals surface area contributed by atoms with Gasteiger partial charge in [-0.15, -0.1) is 0 Å². The first-order chi connectivity index (χ1) is 7.17. The van der Waals surface area contributed by atoms with Gasteiger partial charge in [0.2, 0.25) is 0 Å². The summed E-state index contributed by atoms with van der Waals surface area (Å²) in [4.78, 5) is 19.4. The Kier molecular flexibility index (Phi) is 6.94. The van der Waals surface area contributed by atoms with Gasteiger partial charge in [0.1, 0.15) is 5.94 Å². The minimum Gasteiger partial charge on any atom is -0.469 e. The number of methoxy groups -OCH3 is 1. The van der Waals surface area contributed by atoms with Crippen molar-refractivity contribution in [1.82, 2.24) is 0 Å². The van der Waals surface area contributed by atoms with Crippen molar-refractivity contribution in [3.05, 3.63) is 29.9 Å². The SMILES string of the molecule is C=C=O.CCC1=CC=C(CC(=O)OC)C1. The van der Waals surface area contributed by atoms with Gasteiger partial charge >= 0.3 is 5.97 Å². The molecule has 3 nitrogen and oxygen atoms in total. The van der Waals surface area contributed by atoms with Crippen LogP contribution in [0.5, 0.6) is 0 Å². The molecule has 0 aliphatic heterocycles. The van der Waals surface area contributed by atoms with Crippen LogP contribution in [0.4, 0.5) is 0 Å². The van der Waals surface area contributed by atoms with Gasteiger partial charge in [-0.05, 0) is 19.4 Å². The van der Waals surface area contributed by atoms with E-state index in [-0.39, 0.29) is 5.97 Å². The third-order valence-corrected chi connectivity index (χ3v) is 2.06. The van der Waals surface area contributed by atoms with Crippen LogP contribution in [-0.4, -0.2) is 19.0 Å². The topological polar surface area (TPSA) is 43.4 Å². The summed E-state index contributed by atoms with van der Waals surface area (Å²) in [6, 6.07) is 0. The zero-order chi connectivity index (χ0) is 11.7. The monoisotopic (exact) mass is 208 g/mol. The lowest BCUT2D eigenvalue weighted by atomic mass is 10.1. The van der Waals surface area contributed by atoms with Gasteiger partial charge in [-0.2, -0.15) is 0 Å². The third-order valence-electron chi connectivity index (χ3n) is 2.06. The lowest BCUT2D eigenvalue weighted by Gasteiger charge is -2.01. The molecule has 3 heteroatoms. The molecule has 0 atom stereocenters. The van der Waals surface area contributed by atoms with E-state index in [9.17, 15) is 4.79 Å². The van der Waals surface area contributed by atoms with Gasteiger partial charge in [0.15, 0.2) is 0 Å². The standard InChI is InChI=1S/C10H14O2.C2H2O/c1-3-8-4-5-9(6-8)7-10(11)12-2;1-2-3/h4-5H,3,6-7H2,1-2H3;1H2. The minimum atomic E-state index is -0.146. The van der Waals surface area contributed by atoms with Gasteiger partial charge in [-0.1, -0.05) is 30.2 Å². The fourth-order valence-corrected chi connectivity index (χ4v) is 1.27. The minimum absolute atomic E-state index is 0.146. The molecule has 0 fully saturated rings. The van der Waals surface area contributed by atoms with Crippen LogP contribution in [0.1, 0.15) is 26.2 Å². The van der Waals surface area contributed by atoms with Crippen LogP contribution in [-0.2, 0) is 14.3 Å². The van der Waals surface area contributed by atoms with Crippen LogP contribution in [0, 0.1) is 0 Å². The van der Waals surface area contributed by atoms with Crippen molar-refractivity contribution in [2.75, 3.05) is 7.11 Å². The summed E-state index contributed by atoms with van der Waals surface area (Å²) in [6.07, 6.45) is 6.58. The Morgan fingerprint density at radius 3 is 2.47 bits per heavy atom. The molecule has 0 saturated carbocycles. The quantitative estimate of drug-likeness (QED) is 0.527. The van der Waals surface area contributed by atoms with E-state index in [4.69, 9.17) is 4.79 Å². The highest BCUT2D eigenvalue weighted by Crippen LogP contribution is 2.23. The molecule has 0 heterocycles. The fourth-order valence-electron chi connectivity index (χ4n) is 1.27. The zero-order valence-electron chi connectivity index (χ0n) is 9.21. The molecular formula is C12H16O3. The number of carbonyl (C=O) groups is 1. The number of esters is 1. The molecule has 1 aliphatic carbocycles. The van der Waals surface area contributed by atoms with Crippen molar-refractivity contribution in [2.45, 2.75) is 26.2 Å². The molecule has 0 N–H and O–H groups in total. The van der Waals surface area contributed by atoms with Gasteiger partial charge in [-0.3, -0.25) is 4.79 Å². The van der Waals surface area contributed by atoms with E-state index in [2.05, 4.69) is 24.3 Å². The summed E-state index contributed by atoms with van der Waals surface area (Å²) < 4.78 is 4.58. The van der Waals surface area contributed by atoms with Crippen LogP contribution in [0.3, 0.4) is 0 Å². The van der Waals surface area contributed by atoms with E-state index in [1.165, 1.54) is 24.2 Å². The van der Waals surface area contributed by atoms with Crippen LogP contribution >= 0.6 is 0 Å². The van der Waals surface area contributed by atoms with Crippen molar-refractivity contribution >= 4 is 11.9 Å². The summed E-state index contributed by atoms with van der Waals surface area (Å²) in [6.45, 7) is 4.81. The highest BCUT2D eigenvalue weighted by molar-refractivity contribution is 5.72. The molecule has 0 bridgehead atoms. The normalized spacial score (nSPS) is 12.9. The highest BCUT2D eigenvalue weighted by atomic mass is 16.5. The molecule has 0 aromatic heterocycles. The lowest BCUT2D eigenvalue weighted by Crippen LogP contribution is -2.00. The van der Waals surface area contributed by atoms with Crippen LogP contribution in [0.15, 0.2) is 29.9 Å². The van der Waals surface area contributed by atoms with E-state index in [1.807, 2.05) is 6.08 Å². The predicted molar refractivity (Wildman–Crippen MR) is 59.0 cm³/mol. The van der Waals surface area contributed by atoms with E-state index in [1.54, 1.807) is 0 Å². The van der Waals surface area contributed by atoms with Gasteiger partial charge in [0, 0.05) is 0 Å². The van der Waals surface area contributed by atoms with Gasteiger partial charge in [-0.25, -0.2) is 4.79 Å². The zero-order valence-corrected chi connectivity index (χ0v) is 9.21. The second-order valence-electron chi connectivity index (χ2n) is 3.08. The third kappa shape index (κ3) is 5.66. The van der Waals surface area contributed by atoms with Crippen molar-refractivity contribution in [2.24, 2.45) is 0 Å². The molecule has 0 amide bonds. The fraction of sp³-hybridized carbons (Fsp3) is 0.417.